The monoisotopic (exact) mass is 219 g/mol. The van der Waals surface area contributed by atoms with Crippen molar-refractivity contribution >= 4 is 0 Å². The molecule has 0 aliphatic heterocycles. The first-order chi connectivity index (χ1) is 7.72. The van der Waals surface area contributed by atoms with E-state index in [1.54, 1.807) is 12.1 Å². The van der Waals surface area contributed by atoms with E-state index in [-0.39, 0.29) is 11.4 Å². The first kappa shape index (κ1) is 10.4. The van der Waals surface area contributed by atoms with E-state index in [1.165, 1.54) is 42.0 Å². The standard InChI is InChI=1S/C12H10FNO2/c1-16-12-4-2-3-11(15)14(12)10-7-5-9(13)6-8-10/h2-8H,1H3. The van der Waals surface area contributed by atoms with Crippen LogP contribution in [0.15, 0.2) is 47.3 Å². The van der Waals surface area contributed by atoms with Crippen LogP contribution in [-0.4, -0.2) is 11.7 Å². The number of benzene rings is 1. The van der Waals surface area contributed by atoms with Gasteiger partial charge in [-0.2, -0.15) is 0 Å². The number of nitrogens with zero attached hydrogens (tertiary/aromatic N) is 1. The van der Waals surface area contributed by atoms with Crippen molar-refractivity contribution in [1.29, 1.82) is 0 Å². The Hall–Kier alpha value is -2.10. The van der Waals surface area contributed by atoms with Crippen molar-refractivity contribution in [2.45, 2.75) is 0 Å². The molecule has 0 saturated heterocycles. The van der Waals surface area contributed by atoms with Crippen LogP contribution in [0.2, 0.25) is 0 Å². The molecule has 1 aromatic carbocycles. The largest absolute Gasteiger partial charge is 0.482 e. The number of methoxy groups -OCH3 is 1. The highest BCUT2D eigenvalue weighted by Gasteiger charge is 2.05. The molecule has 16 heavy (non-hydrogen) atoms. The van der Waals surface area contributed by atoms with E-state index in [1.807, 2.05) is 0 Å². The van der Waals surface area contributed by atoms with Gasteiger partial charge >= 0.3 is 0 Å². The molecule has 0 aliphatic rings. The smallest absolute Gasteiger partial charge is 0.257 e. The van der Waals surface area contributed by atoms with Crippen molar-refractivity contribution in [1.82, 2.24) is 4.57 Å². The first-order valence-corrected chi connectivity index (χ1v) is 4.74. The summed E-state index contributed by atoms with van der Waals surface area (Å²) in [5.41, 5.74) is 0.356. The SMILES string of the molecule is COc1cccc(=O)n1-c1ccc(F)cc1. The van der Waals surface area contributed by atoms with Crippen LogP contribution in [0.5, 0.6) is 5.88 Å². The highest BCUT2D eigenvalue weighted by atomic mass is 19.1. The molecule has 0 radical (unpaired) electrons. The summed E-state index contributed by atoms with van der Waals surface area (Å²) in [7, 11) is 1.48. The van der Waals surface area contributed by atoms with E-state index >= 15 is 0 Å². The lowest BCUT2D eigenvalue weighted by Gasteiger charge is -2.10. The molecular formula is C12H10FNO2. The predicted octanol–water partition coefficient (Wildman–Crippen LogP) is 1.99. The van der Waals surface area contributed by atoms with Crippen LogP contribution in [0.1, 0.15) is 0 Å². The predicted molar refractivity (Wildman–Crippen MR) is 58.5 cm³/mol. The zero-order valence-electron chi connectivity index (χ0n) is 8.68. The van der Waals surface area contributed by atoms with Gasteiger partial charge in [-0.15, -0.1) is 0 Å². The molecule has 1 heterocycles. The maximum Gasteiger partial charge on any atom is 0.257 e. The molecule has 2 aromatic rings. The van der Waals surface area contributed by atoms with Gasteiger partial charge in [0.05, 0.1) is 12.8 Å². The van der Waals surface area contributed by atoms with Crippen molar-refractivity contribution in [2.75, 3.05) is 7.11 Å². The van der Waals surface area contributed by atoms with Gasteiger partial charge in [0.15, 0.2) is 0 Å². The van der Waals surface area contributed by atoms with Crippen LogP contribution in [0.25, 0.3) is 5.69 Å². The topological polar surface area (TPSA) is 31.2 Å². The number of hydrogen-bond donors (Lipinski definition) is 0. The lowest BCUT2D eigenvalue weighted by atomic mass is 10.3. The van der Waals surface area contributed by atoms with Crippen molar-refractivity contribution in [3.8, 4) is 11.6 Å². The number of hydrogen-bond acceptors (Lipinski definition) is 2. The minimum Gasteiger partial charge on any atom is -0.482 e. The maximum absolute atomic E-state index is 12.8. The summed E-state index contributed by atoms with van der Waals surface area (Å²) in [6.45, 7) is 0. The molecule has 0 aliphatic carbocycles. The second kappa shape index (κ2) is 4.18. The Morgan fingerprint density at radius 2 is 1.81 bits per heavy atom. The van der Waals surface area contributed by atoms with Gasteiger partial charge in [-0.05, 0) is 30.3 Å². The van der Waals surface area contributed by atoms with Gasteiger partial charge < -0.3 is 4.74 Å². The highest BCUT2D eigenvalue weighted by molar-refractivity contribution is 5.36. The average Bonchev–Trinajstić information content (AvgIpc) is 2.30. The van der Waals surface area contributed by atoms with Crippen LogP contribution in [0, 0.1) is 5.82 Å². The quantitative estimate of drug-likeness (QED) is 0.773. The molecule has 2 rings (SSSR count). The number of rotatable bonds is 2. The number of halogens is 1. The average molecular weight is 219 g/mol. The van der Waals surface area contributed by atoms with Gasteiger partial charge in [-0.25, -0.2) is 8.96 Å². The third-order valence-electron chi connectivity index (χ3n) is 2.21. The summed E-state index contributed by atoms with van der Waals surface area (Å²) < 4.78 is 19.2. The fourth-order valence-electron chi connectivity index (χ4n) is 1.47. The van der Waals surface area contributed by atoms with Crippen molar-refractivity contribution in [3.05, 3.63) is 58.6 Å². The normalized spacial score (nSPS) is 10.1. The Kier molecular flexibility index (Phi) is 2.72. The van der Waals surface area contributed by atoms with E-state index in [9.17, 15) is 9.18 Å². The molecule has 0 amide bonds. The molecular weight excluding hydrogens is 209 g/mol. The minimum absolute atomic E-state index is 0.217. The van der Waals surface area contributed by atoms with Crippen LogP contribution < -0.4 is 10.3 Å². The van der Waals surface area contributed by atoms with Gasteiger partial charge in [0, 0.05) is 6.07 Å². The molecule has 4 heteroatoms. The summed E-state index contributed by atoms with van der Waals surface area (Å²) in [4.78, 5) is 11.7. The molecule has 3 nitrogen and oxygen atoms in total. The van der Waals surface area contributed by atoms with E-state index in [2.05, 4.69) is 0 Å². The number of ether oxygens (including phenoxy) is 1. The third-order valence-corrected chi connectivity index (χ3v) is 2.21. The summed E-state index contributed by atoms with van der Waals surface area (Å²) >= 11 is 0. The number of aromatic nitrogens is 1. The zero-order chi connectivity index (χ0) is 11.5. The molecule has 1 aromatic heterocycles. The van der Waals surface area contributed by atoms with Crippen molar-refractivity contribution < 1.29 is 9.13 Å². The summed E-state index contributed by atoms with van der Waals surface area (Å²) in [6, 6.07) is 10.4. The molecule has 0 bridgehead atoms. The lowest BCUT2D eigenvalue weighted by molar-refractivity contribution is 0.384. The van der Waals surface area contributed by atoms with Crippen LogP contribution in [0.4, 0.5) is 4.39 Å². The maximum atomic E-state index is 12.8. The minimum atomic E-state index is -0.341. The molecule has 0 spiro atoms. The van der Waals surface area contributed by atoms with E-state index in [4.69, 9.17) is 4.74 Å². The van der Waals surface area contributed by atoms with E-state index < -0.39 is 0 Å². The second-order valence-electron chi connectivity index (χ2n) is 3.22. The Morgan fingerprint density at radius 1 is 1.12 bits per heavy atom. The Bertz CT molecular complexity index is 546. The Balaban J connectivity index is 2.63. The van der Waals surface area contributed by atoms with E-state index in [0.29, 0.717) is 11.6 Å². The Morgan fingerprint density at radius 3 is 2.44 bits per heavy atom. The fourth-order valence-corrected chi connectivity index (χ4v) is 1.47. The van der Waals surface area contributed by atoms with Crippen LogP contribution in [-0.2, 0) is 0 Å². The van der Waals surface area contributed by atoms with Crippen molar-refractivity contribution in [2.24, 2.45) is 0 Å². The van der Waals surface area contributed by atoms with Gasteiger partial charge in [0.1, 0.15) is 5.82 Å². The zero-order valence-corrected chi connectivity index (χ0v) is 8.68. The molecule has 0 atom stereocenters. The first-order valence-electron chi connectivity index (χ1n) is 4.74. The van der Waals surface area contributed by atoms with E-state index in [0.717, 1.165) is 0 Å². The van der Waals surface area contributed by atoms with Crippen LogP contribution >= 0.6 is 0 Å². The summed E-state index contributed by atoms with van der Waals surface area (Å²) in [6.07, 6.45) is 0. The highest BCUT2D eigenvalue weighted by Crippen LogP contribution is 2.14. The molecule has 0 unspecified atom stereocenters. The summed E-state index contributed by atoms with van der Waals surface area (Å²) in [5, 5.41) is 0. The lowest BCUT2D eigenvalue weighted by Crippen LogP contribution is -2.18. The number of pyridine rings is 1. The fraction of sp³-hybridized carbons (Fsp3) is 0.0833. The van der Waals surface area contributed by atoms with Crippen LogP contribution in [0.3, 0.4) is 0 Å². The van der Waals surface area contributed by atoms with Gasteiger partial charge in [0.2, 0.25) is 5.88 Å². The molecule has 0 saturated carbocycles. The van der Waals surface area contributed by atoms with Crippen molar-refractivity contribution in [3.63, 3.8) is 0 Å². The van der Waals surface area contributed by atoms with Gasteiger partial charge in [-0.3, -0.25) is 4.79 Å². The van der Waals surface area contributed by atoms with Gasteiger partial charge in [-0.1, -0.05) is 6.07 Å². The Labute approximate surface area is 91.7 Å². The molecule has 0 fully saturated rings. The summed E-state index contributed by atoms with van der Waals surface area (Å²) in [5.74, 6) is 0.0748. The third kappa shape index (κ3) is 1.82. The second-order valence-corrected chi connectivity index (χ2v) is 3.22. The van der Waals surface area contributed by atoms with Gasteiger partial charge in [0.25, 0.3) is 5.56 Å². The molecule has 82 valence electrons. The molecule has 0 N–H and O–H groups in total.